The van der Waals surface area contributed by atoms with Gasteiger partial charge in [0.15, 0.2) is 5.96 Å². The van der Waals surface area contributed by atoms with Crippen molar-refractivity contribution in [3.05, 3.63) is 30.1 Å². The number of carbonyl (C=O) groups is 1. The van der Waals surface area contributed by atoms with Crippen LogP contribution in [0.3, 0.4) is 0 Å². The molecule has 7 heteroatoms. The third-order valence-corrected chi connectivity index (χ3v) is 5.42. The molecule has 150 valence electrons. The molecule has 3 rings (SSSR count). The molecule has 1 atom stereocenters. The zero-order valence-electron chi connectivity index (χ0n) is 16.2. The Hall–Kier alpha value is -1.38. The molecular formula is C20H32IN5O. The lowest BCUT2D eigenvalue weighted by Crippen LogP contribution is -2.46. The van der Waals surface area contributed by atoms with E-state index in [0.717, 1.165) is 57.0 Å². The summed E-state index contributed by atoms with van der Waals surface area (Å²) in [5, 5.41) is 6.81. The van der Waals surface area contributed by atoms with Crippen LogP contribution in [-0.2, 0) is 11.2 Å². The molecule has 1 saturated carbocycles. The Kier molecular flexibility index (Phi) is 9.30. The molecule has 0 spiro atoms. The standard InChI is InChI=1S/C20H31N5O.HI/c1-21-20(23-13-10-17-9-5-6-12-22-17)24-18-11-14-25(15-18)19(26)16-7-3-2-4-8-16;/h5-6,9,12,16,18H,2-4,7-8,10-11,13-15H2,1H3,(H2,21,23,24);1H. The second-order valence-corrected chi connectivity index (χ2v) is 7.32. The van der Waals surface area contributed by atoms with E-state index in [4.69, 9.17) is 0 Å². The van der Waals surface area contributed by atoms with E-state index >= 15 is 0 Å². The highest BCUT2D eigenvalue weighted by Gasteiger charge is 2.31. The quantitative estimate of drug-likeness (QED) is 0.382. The van der Waals surface area contributed by atoms with Crippen LogP contribution in [0.4, 0.5) is 0 Å². The van der Waals surface area contributed by atoms with Crippen molar-refractivity contribution in [1.82, 2.24) is 20.5 Å². The molecule has 0 radical (unpaired) electrons. The molecule has 1 saturated heterocycles. The van der Waals surface area contributed by atoms with Crippen molar-refractivity contribution in [2.45, 2.75) is 51.0 Å². The van der Waals surface area contributed by atoms with E-state index in [0.29, 0.717) is 5.91 Å². The highest BCUT2D eigenvalue weighted by Crippen LogP contribution is 2.26. The summed E-state index contributed by atoms with van der Waals surface area (Å²) < 4.78 is 0. The van der Waals surface area contributed by atoms with Crippen molar-refractivity contribution in [2.24, 2.45) is 10.9 Å². The maximum Gasteiger partial charge on any atom is 0.225 e. The predicted octanol–water partition coefficient (Wildman–Crippen LogP) is 2.59. The van der Waals surface area contributed by atoms with Crippen molar-refractivity contribution in [1.29, 1.82) is 0 Å². The Morgan fingerprint density at radius 2 is 2.07 bits per heavy atom. The molecule has 1 unspecified atom stereocenters. The minimum Gasteiger partial charge on any atom is -0.356 e. The summed E-state index contributed by atoms with van der Waals surface area (Å²) in [6, 6.07) is 6.25. The zero-order chi connectivity index (χ0) is 18.2. The van der Waals surface area contributed by atoms with Gasteiger partial charge >= 0.3 is 0 Å². The highest BCUT2D eigenvalue weighted by molar-refractivity contribution is 14.0. The van der Waals surface area contributed by atoms with E-state index in [-0.39, 0.29) is 35.9 Å². The first-order chi connectivity index (χ1) is 12.8. The number of halogens is 1. The molecule has 1 aromatic heterocycles. The number of aliphatic imine (C=N–C) groups is 1. The summed E-state index contributed by atoms with van der Waals surface area (Å²) in [7, 11) is 1.79. The maximum absolute atomic E-state index is 12.7. The molecule has 1 aliphatic carbocycles. The molecule has 27 heavy (non-hydrogen) atoms. The van der Waals surface area contributed by atoms with Crippen LogP contribution in [-0.4, -0.2) is 54.5 Å². The van der Waals surface area contributed by atoms with Gasteiger partial charge < -0.3 is 15.5 Å². The van der Waals surface area contributed by atoms with Crippen molar-refractivity contribution < 1.29 is 4.79 Å². The molecule has 2 fully saturated rings. The van der Waals surface area contributed by atoms with Gasteiger partial charge in [-0.25, -0.2) is 0 Å². The number of likely N-dealkylation sites (tertiary alicyclic amines) is 1. The van der Waals surface area contributed by atoms with E-state index in [1.807, 2.05) is 24.4 Å². The number of aromatic nitrogens is 1. The first-order valence-electron chi connectivity index (χ1n) is 9.92. The number of hydrogen-bond acceptors (Lipinski definition) is 3. The van der Waals surface area contributed by atoms with Crippen LogP contribution in [0.2, 0.25) is 0 Å². The second kappa shape index (κ2) is 11.5. The third kappa shape index (κ3) is 6.62. The summed E-state index contributed by atoms with van der Waals surface area (Å²) in [6.45, 7) is 2.43. The van der Waals surface area contributed by atoms with Crippen molar-refractivity contribution in [3.63, 3.8) is 0 Å². The molecule has 2 heterocycles. The fourth-order valence-electron chi connectivity index (χ4n) is 3.93. The SMILES string of the molecule is CN=C(NCCc1ccccn1)NC1CCN(C(=O)C2CCCCC2)C1.I. The molecule has 2 aliphatic rings. The summed E-state index contributed by atoms with van der Waals surface area (Å²) in [5.74, 6) is 1.43. The van der Waals surface area contributed by atoms with Crippen LogP contribution in [0.15, 0.2) is 29.4 Å². The summed E-state index contributed by atoms with van der Waals surface area (Å²) in [4.78, 5) is 23.4. The van der Waals surface area contributed by atoms with Crippen molar-refractivity contribution in [2.75, 3.05) is 26.7 Å². The number of nitrogens with one attached hydrogen (secondary N) is 2. The molecule has 2 N–H and O–H groups in total. The Bertz CT molecular complexity index is 604. The molecule has 1 aliphatic heterocycles. The summed E-state index contributed by atoms with van der Waals surface area (Å²) >= 11 is 0. The van der Waals surface area contributed by atoms with Crippen LogP contribution in [0.5, 0.6) is 0 Å². The highest BCUT2D eigenvalue weighted by atomic mass is 127. The van der Waals surface area contributed by atoms with Crippen LogP contribution < -0.4 is 10.6 Å². The number of rotatable bonds is 5. The van der Waals surface area contributed by atoms with Crippen molar-refractivity contribution >= 4 is 35.8 Å². The van der Waals surface area contributed by atoms with Gasteiger partial charge in [-0.3, -0.25) is 14.8 Å². The van der Waals surface area contributed by atoms with Crippen LogP contribution in [0, 0.1) is 5.92 Å². The summed E-state index contributed by atoms with van der Waals surface area (Å²) in [6.07, 6.45) is 9.51. The van der Waals surface area contributed by atoms with Gasteiger partial charge in [0, 0.05) is 57.0 Å². The van der Waals surface area contributed by atoms with Gasteiger partial charge in [0.2, 0.25) is 5.91 Å². The zero-order valence-corrected chi connectivity index (χ0v) is 18.5. The van der Waals surface area contributed by atoms with Gasteiger partial charge in [0.25, 0.3) is 0 Å². The van der Waals surface area contributed by atoms with E-state index < -0.39 is 0 Å². The molecule has 1 amide bonds. The molecular weight excluding hydrogens is 453 g/mol. The monoisotopic (exact) mass is 485 g/mol. The lowest BCUT2D eigenvalue weighted by Gasteiger charge is -2.26. The first-order valence-corrected chi connectivity index (χ1v) is 9.92. The number of pyridine rings is 1. The number of hydrogen-bond donors (Lipinski definition) is 2. The van der Waals surface area contributed by atoms with E-state index in [1.54, 1.807) is 7.05 Å². The van der Waals surface area contributed by atoms with Gasteiger partial charge in [-0.1, -0.05) is 25.3 Å². The Morgan fingerprint density at radius 1 is 1.26 bits per heavy atom. The topological polar surface area (TPSA) is 69.6 Å². The largest absolute Gasteiger partial charge is 0.356 e. The fraction of sp³-hybridized carbons (Fsp3) is 0.650. The molecule has 1 aromatic rings. The Balaban J connectivity index is 0.00000261. The number of carbonyl (C=O) groups excluding carboxylic acids is 1. The molecule has 0 bridgehead atoms. The average molecular weight is 485 g/mol. The Labute approximate surface area is 179 Å². The van der Waals surface area contributed by atoms with Gasteiger partial charge in [0.05, 0.1) is 0 Å². The van der Waals surface area contributed by atoms with E-state index in [2.05, 4.69) is 25.5 Å². The van der Waals surface area contributed by atoms with Gasteiger partial charge in [-0.2, -0.15) is 0 Å². The number of nitrogens with zero attached hydrogens (tertiary/aromatic N) is 3. The van der Waals surface area contributed by atoms with Crippen LogP contribution in [0.1, 0.15) is 44.2 Å². The summed E-state index contributed by atoms with van der Waals surface area (Å²) in [5.41, 5.74) is 1.07. The Morgan fingerprint density at radius 3 is 2.78 bits per heavy atom. The number of amides is 1. The van der Waals surface area contributed by atoms with Gasteiger partial charge in [-0.15, -0.1) is 24.0 Å². The molecule has 6 nitrogen and oxygen atoms in total. The van der Waals surface area contributed by atoms with Crippen LogP contribution in [0.25, 0.3) is 0 Å². The van der Waals surface area contributed by atoms with E-state index in [1.165, 1.54) is 19.3 Å². The smallest absolute Gasteiger partial charge is 0.225 e. The normalized spacial score (nSPS) is 20.9. The predicted molar refractivity (Wildman–Crippen MR) is 119 cm³/mol. The molecule has 0 aromatic carbocycles. The van der Waals surface area contributed by atoms with Crippen LogP contribution >= 0.6 is 24.0 Å². The lowest BCUT2D eigenvalue weighted by molar-refractivity contribution is -0.135. The first kappa shape index (κ1) is 21.9. The van der Waals surface area contributed by atoms with Crippen molar-refractivity contribution in [3.8, 4) is 0 Å². The van der Waals surface area contributed by atoms with Gasteiger partial charge in [0.1, 0.15) is 0 Å². The van der Waals surface area contributed by atoms with Gasteiger partial charge in [-0.05, 0) is 31.4 Å². The number of guanidine groups is 1. The average Bonchev–Trinajstić information content (AvgIpc) is 3.16. The maximum atomic E-state index is 12.7. The lowest BCUT2D eigenvalue weighted by atomic mass is 9.88. The minimum absolute atomic E-state index is 0. The third-order valence-electron chi connectivity index (χ3n) is 5.42. The second-order valence-electron chi connectivity index (χ2n) is 7.32. The minimum atomic E-state index is 0. The fourth-order valence-corrected chi connectivity index (χ4v) is 3.93. The van der Waals surface area contributed by atoms with E-state index in [9.17, 15) is 4.79 Å².